The number of urea groups is 1. The summed E-state index contributed by atoms with van der Waals surface area (Å²) in [6, 6.07) is 20.6. The largest absolute Gasteiger partial charge is 0.373 e. The highest BCUT2D eigenvalue weighted by Crippen LogP contribution is 2.24. The second kappa shape index (κ2) is 8.72. The van der Waals surface area contributed by atoms with E-state index in [1.807, 2.05) is 48.3 Å². The molecule has 0 aliphatic carbocycles. The first-order valence-corrected chi connectivity index (χ1v) is 9.19. The number of benzene rings is 2. The first kappa shape index (κ1) is 18.3. The minimum Gasteiger partial charge on any atom is -0.373 e. The van der Waals surface area contributed by atoms with E-state index in [-0.39, 0.29) is 12.1 Å². The number of hydrogen-bond acceptors (Lipinski definition) is 3. The van der Waals surface area contributed by atoms with Crippen molar-refractivity contribution in [3.63, 3.8) is 0 Å². The molecule has 138 valence electrons. The van der Waals surface area contributed by atoms with Gasteiger partial charge in [-0.25, -0.2) is 4.79 Å². The van der Waals surface area contributed by atoms with Gasteiger partial charge in [-0.1, -0.05) is 48.5 Å². The summed E-state index contributed by atoms with van der Waals surface area (Å²) in [7, 11) is 4.16. The fourth-order valence-corrected chi connectivity index (χ4v) is 3.37. The van der Waals surface area contributed by atoms with Crippen LogP contribution in [0.2, 0.25) is 0 Å². The van der Waals surface area contributed by atoms with Gasteiger partial charge in [-0.2, -0.15) is 0 Å². The molecule has 1 heterocycles. The van der Waals surface area contributed by atoms with Crippen LogP contribution in [0.15, 0.2) is 60.7 Å². The van der Waals surface area contributed by atoms with Crippen molar-refractivity contribution in [1.82, 2.24) is 15.1 Å². The number of carbonyl (C=O) groups excluding carboxylic acids is 1. The number of anilines is 1. The van der Waals surface area contributed by atoms with E-state index in [9.17, 15) is 4.79 Å². The van der Waals surface area contributed by atoms with Crippen molar-refractivity contribution in [1.29, 1.82) is 0 Å². The van der Waals surface area contributed by atoms with Crippen LogP contribution in [-0.4, -0.2) is 62.7 Å². The molecule has 2 aromatic rings. The maximum atomic E-state index is 12.8. The number of piperazine rings is 1. The highest BCUT2D eigenvalue weighted by molar-refractivity contribution is 5.75. The van der Waals surface area contributed by atoms with Gasteiger partial charge in [0.05, 0.1) is 6.04 Å². The van der Waals surface area contributed by atoms with Crippen LogP contribution in [-0.2, 0) is 0 Å². The predicted octanol–water partition coefficient (Wildman–Crippen LogP) is 2.82. The molecule has 0 saturated carbocycles. The molecule has 1 aliphatic rings. The summed E-state index contributed by atoms with van der Waals surface area (Å²) in [5.74, 6) is 0. The van der Waals surface area contributed by atoms with Crippen LogP contribution >= 0.6 is 0 Å². The number of carbonyl (C=O) groups is 1. The zero-order valence-corrected chi connectivity index (χ0v) is 15.6. The van der Waals surface area contributed by atoms with E-state index in [1.165, 1.54) is 5.56 Å². The average molecular weight is 352 g/mol. The van der Waals surface area contributed by atoms with Gasteiger partial charge >= 0.3 is 6.03 Å². The zero-order chi connectivity index (χ0) is 18.4. The van der Waals surface area contributed by atoms with Gasteiger partial charge in [0.1, 0.15) is 0 Å². The van der Waals surface area contributed by atoms with Gasteiger partial charge in [0, 0.05) is 45.5 Å². The zero-order valence-electron chi connectivity index (χ0n) is 15.6. The van der Waals surface area contributed by atoms with Gasteiger partial charge in [-0.05, 0) is 24.7 Å². The van der Waals surface area contributed by atoms with Crippen molar-refractivity contribution in [2.45, 2.75) is 6.04 Å². The molecular weight excluding hydrogens is 324 g/mol. The molecule has 2 aromatic carbocycles. The summed E-state index contributed by atoms with van der Waals surface area (Å²) >= 11 is 0. The lowest BCUT2D eigenvalue weighted by Gasteiger charge is -2.40. The maximum Gasteiger partial charge on any atom is 0.318 e. The van der Waals surface area contributed by atoms with E-state index in [0.717, 1.165) is 31.9 Å². The number of amides is 2. The number of likely N-dealkylation sites (N-methyl/N-ethyl adjacent to an activating group) is 2. The second-order valence-corrected chi connectivity index (χ2v) is 6.87. The van der Waals surface area contributed by atoms with Crippen molar-refractivity contribution in [2.75, 3.05) is 51.7 Å². The summed E-state index contributed by atoms with van der Waals surface area (Å²) in [6.07, 6.45) is 0. The first-order valence-electron chi connectivity index (χ1n) is 9.19. The van der Waals surface area contributed by atoms with Crippen molar-refractivity contribution in [3.05, 3.63) is 66.2 Å². The smallest absolute Gasteiger partial charge is 0.318 e. The molecule has 0 aromatic heterocycles. The third-order valence-corrected chi connectivity index (χ3v) is 4.95. The Bertz CT molecular complexity index is 692. The molecule has 1 saturated heterocycles. The summed E-state index contributed by atoms with van der Waals surface area (Å²) in [6.45, 7) is 3.91. The lowest BCUT2D eigenvalue weighted by atomic mass is 10.0. The molecule has 1 unspecified atom stereocenters. The van der Waals surface area contributed by atoms with Gasteiger partial charge in [0.25, 0.3) is 0 Å². The molecule has 0 bridgehead atoms. The van der Waals surface area contributed by atoms with Gasteiger partial charge < -0.3 is 20.0 Å². The Morgan fingerprint density at radius 1 is 1.08 bits per heavy atom. The van der Waals surface area contributed by atoms with Crippen molar-refractivity contribution >= 4 is 11.7 Å². The second-order valence-electron chi connectivity index (χ2n) is 6.87. The lowest BCUT2D eigenvalue weighted by molar-refractivity contribution is 0.109. The van der Waals surface area contributed by atoms with E-state index in [1.54, 1.807) is 0 Å². The summed E-state index contributed by atoms with van der Waals surface area (Å²) in [4.78, 5) is 19.2. The van der Waals surface area contributed by atoms with E-state index in [2.05, 4.69) is 46.4 Å². The molecule has 1 N–H and O–H groups in total. The molecule has 3 rings (SSSR count). The summed E-state index contributed by atoms with van der Waals surface area (Å²) in [5, 5.41) is 3.09. The minimum absolute atomic E-state index is 0.0217. The standard InChI is InChI=1S/C21H28N4O/c1-23-15-16-25(20(17-23)18-9-5-3-6-10-18)21(26)22-13-14-24(2)19-11-7-4-8-12-19/h3-12,20H,13-17H2,1-2H3,(H,22,26). The predicted molar refractivity (Wildman–Crippen MR) is 106 cm³/mol. The average Bonchev–Trinajstić information content (AvgIpc) is 2.69. The summed E-state index contributed by atoms with van der Waals surface area (Å²) < 4.78 is 0. The molecule has 2 amide bonds. The quantitative estimate of drug-likeness (QED) is 0.899. The number of nitrogens with zero attached hydrogens (tertiary/aromatic N) is 3. The molecule has 26 heavy (non-hydrogen) atoms. The van der Waals surface area contributed by atoms with Gasteiger partial charge in [0.15, 0.2) is 0 Å². The highest BCUT2D eigenvalue weighted by Gasteiger charge is 2.29. The van der Waals surface area contributed by atoms with E-state index >= 15 is 0 Å². The molecule has 1 fully saturated rings. The number of nitrogens with one attached hydrogen (secondary N) is 1. The van der Waals surface area contributed by atoms with E-state index in [0.29, 0.717) is 6.54 Å². The first-order chi connectivity index (χ1) is 12.6. The Labute approximate surface area is 156 Å². The molecule has 0 radical (unpaired) electrons. The van der Waals surface area contributed by atoms with Crippen LogP contribution < -0.4 is 10.2 Å². The Kier molecular flexibility index (Phi) is 6.12. The minimum atomic E-state index is 0.0217. The van der Waals surface area contributed by atoms with Crippen LogP contribution in [0.1, 0.15) is 11.6 Å². The topological polar surface area (TPSA) is 38.8 Å². The lowest BCUT2D eigenvalue weighted by Crippen LogP contribution is -2.53. The van der Waals surface area contributed by atoms with Gasteiger partial charge in [0.2, 0.25) is 0 Å². The van der Waals surface area contributed by atoms with Crippen molar-refractivity contribution < 1.29 is 4.79 Å². The van der Waals surface area contributed by atoms with E-state index < -0.39 is 0 Å². The molecule has 1 aliphatic heterocycles. The maximum absolute atomic E-state index is 12.8. The fraction of sp³-hybridized carbons (Fsp3) is 0.381. The number of rotatable bonds is 5. The third-order valence-electron chi connectivity index (χ3n) is 4.95. The Morgan fingerprint density at radius 3 is 2.42 bits per heavy atom. The van der Waals surface area contributed by atoms with Crippen LogP contribution in [0.3, 0.4) is 0 Å². The van der Waals surface area contributed by atoms with E-state index in [4.69, 9.17) is 0 Å². The Morgan fingerprint density at radius 2 is 1.73 bits per heavy atom. The van der Waals surface area contributed by atoms with Gasteiger partial charge in [-0.15, -0.1) is 0 Å². The monoisotopic (exact) mass is 352 g/mol. The van der Waals surface area contributed by atoms with Crippen LogP contribution in [0, 0.1) is 0 Å². The molecule has 5 heteroatoms. The SMILES string of the molecule is CN1CCN(C(=O)NCCN(C)c2ccccc2)C(c2ccccc2)C1. The number of para-hydroxylation sites is 1. The van der Waals surface area contributed by atoms with Gasteiger partial charge in [-0.3, -0.25) is 0 Å². The fourth-order valence-electron chi connectivity index (χ4n) is 3.37. The van der Waals surface area contributed by atoms with Crippen LogP contribution in [0.4, 0.5) is 10.5 Å². The molecule has 5 nitrogen and oxygen atoms in total. The Hall–Kier alpha value is -2.53. The molecular formula is C21H28N4O. The highest BCUT2D eigenvalue weighted by atomic mass is 16.2. The third kappa shape index (κ3) is 4.55. The molecule has 0 spiro atoms. The number of hydrogen-bond donors (Lipinski definition) is 1. The van der Waals surface area contributed by atoms with Crippen LogP contribution in [0.25, 0.3) is 0 Å². The summed E-state index contributed by atoms with van der Waals surface area (Å²) in [5.41, 5.74) is 2.35. The van der Waals surface area contributed by atoms with Crippen molar-refractivity contribution in [3.8, 4) is 0 Å². The normalized spacial score (nSPS) is 17.8. The van der Waals surface area contributed by atoms with Crippen molar-refractivity contribution in [2.24, 2.45) is 0 Å². The van der Waals surface area contributed by atoms with Crippen LogP contribution in [0.5, 0.6) is 0 Å². The Balaban J connectivity index is 1.57. The molecule has 1 atom stereocenters.